The van der Waals surface area contributed by atoms with E-state index in [0.29, 0.717) is 0 Å². The molecule has 1 aromatic heterocycles. The first-order chi connectivity index (χ1) is 8.47. The number of benzene rings is 1. The van der Waals surface area contributed by atoms with Crippen LogP contribution in [0.2, 0.25) is 0 Å². The third-order valence-electron chi connectivity index (χ3n) is 3.41. The van der Waals surface area contributed by atoms with Gasteiger partial charge in [-0.1, -0.05) is 40.2 Å². The molecule has 0 saturated heterocycles. The zero-order chi connectivity index (χ0) is 13.3. The van der Waals surface area contributed by atoms with Crippen molar-refractivity contribution in [2.75, 3.05) is 17.3 Å². The van der Waals surface area contributed by atoms with Crippen LogP contribution in [0, 0.1) is 6.92 Å². The summed E-state index contributed by atoms with van der Waals surface area (Å²) in [5.74, 6) is 0.931. The molecule has 1 heterocycles. The van der Waals surface area contributed by atoms with Crippen LogP contribution < -0.4 is 4.90 Å². The number of halogens is 1. The molecule has 2 rings (SSSR count). The lowest BCUT2D eigenvalue weighted by Crippen LogP contribution is -2.43. The van der Waals surface area contributed by atoms with E-state index in [1.807, 2.05) is 19.1 Å². The summed E-state index contributed by atoms with van der Waals surface area (Å²) in [7, 11) is 2.06. The van der Waals surface area contributed by atoms with Crippen LogP contribution in [0.15, 0.2) is 24.3 Å². The van der Waals surface area contributed by atoms with Gasteiger partial charge in [0.15, 0.2) is 5.82 Å². The van der Waals surface area contributed by atoms with Crippen molar-refractivity contribution in [1.29, 1.82) is 0 Å². The van der Waals surface area contributed by atoms with Crippen molar-refractivity contribution in [3.8, 4) is 0 Å². The Labute approximate surface area is 116 Å². The number of aromatic nitrogens is 2. The van der Waals surface area contributed by atoms with Crippen LogP contribution >= 0.6 is 15.9 Å². The van der Waals surface area contributed by atoms with Crippen molar-refractivity contribution in [3.63, 3.8) is 0 Å². The van der Waals surface area contributed by atoms with E-state index in [-0.39, 0.29) is 5.54 Å². The third kappa shape index (κ3) is 2.21. The van der Waals surface area contributed by atoms with Gasteiger partial charge in [0.2, 0.25) is 0 Å². The molecular formula is C14H18BrN3. The highest BCUT2D eigenvalue weighted by atomic mass is 79.9. The van der Waals surface area contributed by atoms with Crippen LogP contribution in [0.3, 0.4) is 0 Å². The molecule has 18 heavy (non-hydrogen) atoms. The normalized spacial score (nSPS) is 11.8. The molecule has 0 aliphatic rings. The molecule has 3 nitrogen and oxygen atoms in total. The van der Waals surface area contributed by atoms with Gasteiger partial charge in [-0.15, -0.1) is 5.10 Å². The van der Waals surface area contributed by atoms with E-state index in [9.17, 15) is 0 Å². The molecule has 0 bridgehead atoms. The highest BCUT2D eigenvalue weighted by molar-refractivity contribution is 9.09. The van der Waals surface area contributed by atoms with Gasteiger partial charge >= 0.3 is 0 Å². The fourth-order valence-electron chi connectivity index (χ4n) is 1.85. The molecule has 0 N–H and O–H groups in total. The summed E-state index contributed by atoms with van der Waals surface area (Å²) in [5.41, 5.74) is 0.964. The zero-order valence-corrected chi connectivity index (χ0v) is 12.8. The molecule has 0 aliphatic heterocycles. The minimum atomic E-state index is -0.00723. The van der Waals surface area contributed by atoms with Crippen molar-refractivity contribution in [2.45, 2.75) is 26.3 Å². The van der Waals surface area contributed by atoms with Gasteiger partial charge < -0.3 is 4.90 Å². The van der Waals surface area contributed by atoms with E-state index in [1.54, 1.807) is 0 Å². The van der Waals surface area contributed by atoms with E-state index in [2.05, 4.69) is 64.1 Å². The van der Waals surface area contributed by atoms with Gasteiger partial charge in [-0.2, -0.15) is 5.10 Å². The molecule has 4 heteroatoms. The summed E-state index contributed by atoms with van der Waals surface area (Å²) in [4.78, 5) is 2.18. The Morgan fingerprint density at radius 2 is 1.78 bits per heavy atom. The number of hydrogen-bond donors (Lipinski definition) is 0. The highest BCUT2D eigenvalue weighted by Gasteiger charge is 2.25. The van der Waals surface area contributed by atoms with Crippen molar-refractivity contribution >= 4 is 32.5 Å². The second-order valence-corrected chi connectivity index (χ2v) is 5.72. The van der Waals surface area contributed by atoms with Crippen molar-refractivity contribution in [1.82, 2.24) is 10.2 Å². The Morgan fingerprint density at radius 1 is 1.17 bits per heavy atom. The van der Waals surface area contributed by atoms with Gasteiger partial charge in [0.25, 0.3) is 0 Å². The maximum absolute atomic E-state index is 4.38. The largest absolute Gasteiger partial charge is 0.352 e. The fraction of sp³-hybridized carbons (Fsp3) is 0.429. The summed E-state index contributed by atoms with van der Waals surface area (Å²) in [5, 5.41) is 11.8. The number of aryl methyl sites for hydroxylation is 1. The molecule has 1 aromatic carbocycles. The quantitative estimate of drug-likeness (QED) is 0.812. The molecule has 0 aliphatic carbocycles. The van der Waals surface area contributed by atoms with Gasteiger partial charge in [0.1, 0.15) is 0 Å². The zero-order valence-electron chi connectivity index (χ0n) is 11.2. The minimum Gasteiger partial charge on any atom is -0.352 e. The van der Waals surface area contributed by atoms with Gasteiger partial charge in [-0.05, 0) is 20.8 Å². The lowest BCUT2D eigenvalue weighted by molar-refractivity contribution is 0.546. The Morgan fingerprint density at radius 3 is 2.39 bits per heavy atom. The first-order valence-electron chi connectivity index (χ1n) is 5.99. The Bertz CT molecular complexity index is 566. The molecule has 0 atom stereocenters. The van der Waals surface area contributed by atoms with E-state index in [0.717, 1.165) is 22.2 Å². The van der Waals surface area contributed by atoms with Crippen LogP contribution in [-0.2, 0) is 0 Å². The Balaban J connectivity index is 2.62. The summed E-state index contributed by atoms with van der Waals surface area (Å²) >= 11 is 3.56. The first-order valence-corrected chi connectivity index (χ1v) is 7.11. The summed E-state index contributed by atoms with van der Waals surface area (Å²) in [6.07, 6.45) is 0. The summed E-state index contributed by atoms with van der Waals surface area (Å²) in [6.45, 7) is 6.35. The number of alkyl halides is 1. The van der Waals surface area contributed by atoms with Crippen molar-refractivity contribution in [2.24, 2.45) is 0 Å². The molecule has 0 radical (unpaired) electrons. The maximum Gasteiger partial charge on any atom is 0.159 e. The second-order valence-electron chi connectivity index (χ2n) is 5.16. The van der Waals surface area contributed by atoms with Gasteiger partial charge in [-0.25, -0.2) is 0 Å². The number of anilines is 1. The van der Waals surface area contributed by atoms with Gasteiger partial charge in [0.05, 0.1) is 5.69 Å². The van der Waals surface area contributed by atoms with Gasteiger partial charge in [-0.3, -0.25) is 0 Å². The average Bonchev–Trinajstić information content (AvgIpc) is 2.39. The lowest BCUT2D eigenvalue weighted by atomic mass is 10.1. The minimum absolute atomic E-state index is 0.00723. The predicted molar refractivity (Wildman–Crippen MR) is 80.6 cm³/mol. The summed E-state index contributed by atoms with van der Waals surface area (Å²) < 4.78 is 0. The van der Waals surface area contributed by atoms with E-state index in [1.165, 1.54) is 5.39 Å². The Kier molecular flexibility index (Phi) is 3.57. The average molecular weight is 308 g/mol. The predicted octanol–water partition coefficient (Wildman–Crippen LogP) is 3.55. The molecule has 0 saturated carbocycles. The molecule has 0 unspecified atom stereocenters. The number of nitrogens with zero attached hydrogens (tertiary/aromatic N) is 3. The monoisotopic (exact) mass is 307 g/mol. The third-order valence-corrected chi connectivity index (χ3v) is 4.78. The lowest BCUT2D eigenvalue weighted by Gasteiger charge is -2.35. The smallest absolute Gasteiger partial charge is 0.159 e. The molecule has 2 aromatic rings. The standard InChI is InChI=1S/C14H18BrN3/c1-10-11-7-5-6-8-12(11)13(17-16-10)18(4)14(2,3)9-15/h5-8H,9H2,1-4H3. The number of hydrogen-bond acceptors (Lipinski definition) is 3. The Hall–Kier alpha value is -1.16. The topological polar surface area (TPSA) is 29.0 Å². The molecule has 0 spiro atoms. The van der Waals surface area contributed by atoms with Crippen molar-refractivity contribution < 1.29 is 0 Å². The maximum atomic E-state index is 4.38. The molecule has 96 valence electrons. The van der Waals surface area contributed by atoms with Crippen LogP contribution in [0.1, 0.15) is 19.5 Å². The van der Waals surface area contributed by atoms with Crippen LogP contribution in [0.5, 0.6) is 0 Å². The van der Waals surface area contributed by atoms with Crippen LogP contribution in [0.25, 0.3) is 10.8 Å². The SMILES string of the molecule is Cc1nnc(N(C)C(C)(C)CBr)c2ccccc12. The number of rotatable bonds is 3. The van der Waals surface area contributed by atoms with Gasteiger partial charge in [0, 0.05) is 28.7 Å². The van der Waals surface area contributed by atoms with Crippen molar-refractivity contribution in [3.05, 3.63) is 30.0 Å². The van der Waals surface area contributed by atoms with E-state index < -0.39 is 0 Å². The fourth-order valence-corrected chi connectivity index (χ4v) is 2.22. The molecule has 0 fully saturated rings. The molecular weight excluding hydrogens is 290 g/mol. The van der Waals surface area contributed by atoms with Crippen LogP contribution in [-0.4, -0.2) is 28.1 Å². The summed E-state index contributed by atoms with van der Waals surface area (Å²) in [6, 6.07) is 8.28. The van der Waals surface area contributed by atoms with E-state index in [4.69, 9.17) is 0 Å². The number of fused-ring (bicyclic) bond motifs is 1. The highest BCUT2D eigenvalue weighted by Crippen LogP contribution is 2.29. The second kappa shape index (κ2) is 4.84. The first kappa shape index (κ1) is 13.3. The molecule has 0 amide bonds. The van der Waals surface area contributed by atoms with Crippen LogP contribution in [0.4, 0.5) is 5.82 Å². The van der Waals surface area contributed by atoms with E-state index >= 15 is 0 Å².